The molecular weight excluding hydrogens is 610 g/mol. The van der Waals surface area contributed by atoms with Gasteiger partial charge in [-0.05, 0) is 47.4 Å². The van der Waals surface area contributed by atoms with Crippen LogP contribution in [0.5, 0.6) is 5.75 Å². The number of nitrogens with one attached hydrogen (secondary N) is 1. The van der Waals surface area contributed by atoms with Gasteiger partial charge in [0.05, 0.1) is 17.7 Å². The second-order valence-corrected chi connectivity index (χ2v) is 13.3. The van der Waals surface area contributed by atoms with Crippen LogP contribution in [0, 0.1) is 5.92 Å². The zero-order valence-electron chi connectivity index (χ0n) is 25.6. The van der Waals surface area contributed by atoms with Gasteiger partial charge in [-0.1, -0.05) is 98.2 Å². The highest BCUT2D eigenvalue weighted by molar-refractivity contribution is 7.92. The summed E-state index contributed by atoms with van der Waals surface area (Å²) in [6.45, 7) is 3.80. The SMILES string of the molecule is COc1cccc(N(CC(=O)N(Cc2ccccc2Cl)C(Cc2ccccc2)C(=O)NCC(C)C)S(=O)(=O)c2ccccc2)c1. The molecule has 4 rings (SSSR count). The van der Waals surface area contributed by atoms with Crippen LogP contribution >= 0.6 is 11.6 Å². The highest BCUT2D eigenvalue weighted by Gasteiger charge is 2.35. The van der Waals surface area contributed by atoms with E-state index < -0.39 is 28.5 Å². The molecule has 0 aromatic heterocycles. The van der Waals surface area contributed by atoms with E-state index >= 15 is 0 Å². The quantitative estimate of drug-likeness (QED) is 0.182. The second kappa shape index (κ2) is 15.6. The summed E-state index contributed by atoms with van der Waals surface area (Å²) in [7, 11) is -2.73. The van der Waals surface area contributed by atoms with Crippen LogP contribution in [0.15, 0.2) is 114 Å². The lowest BCUT2D eigenvalue weighted by atomic mass is 10.0. The number of carbonyl (C=O) groups is 2. The van der Waals surface area contributed by atoms with Crippen LogP contribution in [-0.4, -0.2) is 51.4 Å². The van der Waals surface area contributed by atoms with Gasteiger partial charge in [0.1, 0.15) is 18.3 Å². The molecule has 0 aliphatic rings. The number of sulfonamides is 1. The van der Waals surface area contributed by atoms with Gasteiger partial charge in [-0.2, -0.15) is 0 Å². The summed E-state index contributed by atoms with van der Waals surface area (Å²) in [5.74, 6) is -0.306. The Morgan fingerprint density at radius 2 is 1.51 bits per heavy atom. The molecule has 0 saturated heterocycles. The highest BCUT2D eigenvalue weighted by atomic mass is 35.5. The molecule has 0 heterocycles. The number of hydrogen-bond acceptors (Lipinski definition) is 5. The fraction of sp³-hybridized carbons (Fsp3) is 0.257. The molecule has 4 aromatic carbocycles. The van der Waals surface area contributed by atoms with Gasteiger partial charge in [0, 0.05) is 30.6 Å². The molecule has 1 N–H and O–H groups in total. The Labute approximate surface area is 270 Å². The van der Waals surface area contributed by atoms with Gasteiger partial charge in [0.2, 0.25) is 11.8 Å². The molecule has 2 amide bonds. The molecule has 10 heteroatoms. The van der Waals surface area contributed by atoms with Gasteiger partial charge >= 0.3 is 0 Å². The number of anilines is 1. The number of halogens is 1. The first-order valence-corrected chi connectivity index (χ1v) is 16.5. The second-order valence-electron chi connectivity index (χ2n) is 11.0. The summed E-state index contributed by atoms with van der Waals surface area (Å²) >= 11 is 6.55. The van der Waals surface area contributed by atoms with E-state index in [1.165, 1.54) is 24.1 Å². The van der Waals surface area contributed by atoms with Crippen molar-refractivity contribution in [3.05, 3.63) is 125 Å². The Hall–Kier alpha value is -4.34. The Kier molecular flexibility index (Phi) is 11.6. The van der Waals surface area contributed by atoms with Crippen LogP contribution in [-0.2, 0) is 32.6 Å². The summed E-state index contributed by atoms with van der Waals surface area (Å²) in [4.78, 5) is 29.8. The first-order valence-electron chi connectivity index (χ1n) is 14.7. The fourth-order valence-corrected chi connectivity index (χ4v) is 6.42. The number of carbonyl (C=O) groups excluding carboxylic acids is 2. The Morgan fingerprint density at radius 3 is 2.16 bits per heavy atom. The molecule has 0 aliphatic heterocycles. The standard InChI is InChI=1S/C35H38ClN3O5S/c1-26(2)23-37-35(41)33(21-27-13-6-4-7-14-27)38(24-28-15-10-11-20-32(28)36)34(40)25-39(29-16-12-17-30(22-29)44-3)45(42,43)31-18-8-5-9-19-31/h4-20,22,26,33H,21,23-25H2,1-3H3,(H,37,41). The van der Waals surface area contributed by atoms with Crippen molar-refractivity contribution in [3.63, 3.8) is 0 Å². The zero-order valence-corrected chi connectivity index (χ0v) is 27.2. The highest BCUT2D eigenvalue weighted by Crippen LogP contribution is 2.28. The largest absolute Gasteiger partial charge is 0.497 e. The molecule has 1 atom stereocenters. The van der Waals surface area contributed by atoms with E-state index in [-0.39, 0.29) is 35.4 Å². The maximum Gasteiger partial charge on any atom is 0.264 e. The molecule has 0 saturated carbocycles. The molecule has 0 spiro atoms. The number of benzene rings is 4. The average Bonchev–Trinajstić information content (AvgIpc) is 3.05. The third kappa shape index (κ3) is 8.86. The first kappa shape index (κ1) is 33.6. The van der Waals surface area contributed by atoms with Crippen molar-refractivity contribution in [2.75, 3.05) is 24.5 Å². The first-order chi connectivity index (χ1) is 21.6. The van der Waals surface area contributed by atoms with Crippen molar-refractivity contribution in [3.8, 4) is 5.75 Å². The molecule has 236 valence electrons. The van der Waals surface area contributed by atoms with Crippen LogP contribution < -0.4 is 14.4 Å². The van der Waals surface area contributed by atoms with E-state index in [1.807, 2.05) is 44.2 Å². The molecule has 0 radical (unpaired) electrons. The van der Waals surface area contributed by atoms with Crippen molar-refractivity contribution in [1.82, 2.24) is 10.2 Å². The van der Waals surface area contributed by atoms with Gasteiger partial charge in [-0.15, -0.1) is 0 Å². The van der Waals surface area contributed by atoms with Gasteiger partial charge < -0.3 is 15.0 Å². The van der Waals surface area contributed by atoms with Crippen molar-refractivity contribution in [1.29, 1.82) is 0 Å². The van der Waals surface area contributed by atoms with Gasteiger partial charge in [0.15, 0.2) is 0 Å². The van der Waals surface area contributed by atoms with E-state index in [4.69, 9.17) is 16.3 Å². The summed E-state index contributed by atoms with van der Waals surface area (Å²) in [6.07, 6.45) is 0.214. The van der Waals surface area contributed by atoms with Gasteiger partial charge in [-0.25, -0.2) is 8.42 Å². The number of nitrogens with zero attached hydrogens (tertiary/aromatic N) is 2. The van der Waals surface area contributed by atoms with Crippen LogP contribution in [0.25, 0.3) is 0 Å². The minimum Gasteiger partial charge on any atom is -0.497 e. The molecule has 0 aliphatic carbocycles. The van der Waals surface area contributed by atoms with Crippen molar-refractivity contribution in [2.24, 2.45) is 5.92 Å². The molecule has 0 bridgehead atoms. The zero-order chi connectivity index (χ0) is 32.4. The molecule has 8 nitrogen and oxygen atoms in total. The Morgan fingerprint density at radius 1 is 0.867 bits per heavy atom. The monoisotopic (exact) mass is 647 g/mol. The van der Waals surface area contributed by atoms with Crippen LogP contribution in [0.4, 0.5) is 5.69 Å². The van der Waals surface area contributed by atoms with Crippen LogP contribution in [0.1, 0.15) is 25.0 Å². The minimum atomic E-state index is -4.21. The molecular formula is C35H38ClN3O5S. The third-order valence-corrected chi connectivity index (χ3v) is 9.36. The van der Waals surface area contributed by atoms with Crippen LogP contribution in [0.3, 0.4) is 0 Å². The summed E-state index contributed by atoms with van der Waals surface area (Å²) < 4.78 is 34.6. The number of rotatable bonds is 14. The van der Waals surface area contributed by atoms with E-state index in [9.17, 15) is 18.0 Å². The van der Waals surface area contributed by atoms with Crippen LogP contribution in [0.2, 0.25) is 5.02 Å². The normalized spacial score (nSPS) is 11.9. The van der Waals surface area contributed by atoms with E-state index in [0.717, 1.165) is 9.87 Å². The molecule has 4 aromatic rings. The maximum absolute atomic E-state index is 14.5. The summed E-state index contributed by atoms with van der Waals surface area (Å²) in [6, 6.07) is 30.0. The van der Waals surface area contributed by atoms with Crippen molar-refractivity contribution >= 4 is 39.1 Å². The predicted molar refractivity (Wildman–Crippen MR) is 178 cm³/mol. The van der Waals surface area contributed by atoms with Crippen molar-refractivity contribution in [2.45, 2.75) is 37.8 Å². The topological polar surface area (TPSA) is 96.0 Å². The lowest BCUT2D eigenvalue weighted by Gasteiger charge is -2.34. The lowest BCUT2D eigenvalue weighted by molar-refractivity contribution is -0.140. The lowest BCUT2D eigenvalue weighted by Crippen LogP contribution is -2.53. The maximum atomic E-state index is 14.5. The Balaban J connectivity index is 1.81. The third-order valence-electron chi connectivity index (χ3n) is 7.21. The van der Waals surface area contributed by atoms with E-state index in [0.29, 0.717) is 22.9 Å². The van der Waals surface area contributed by atoms with Gasteiger partial charge in [0.25, 0.3) is 10.0 Å². The van der Waals surface area contributed by atoms with E-state index in [2.05, 4.69) is 5.32 Å². The van der Waals surface area contributed by atoms with E-state index in [1.54, 1.807) is 66.7 Å². The van der Waals surface area contributed by atoms with Gasteiger partial charge in [-0.3, -0.25) is 13.9 Å². The number of hydrogen-bond donors (Lipinski definition) is 1. The van der Waals surface area contributed by atoms with Crippen molar-refractivity contribution < 1.29 is 22.7 Å². The summed E-state index contributed by atoms with van der Waals surface area (Å²) in [5, 5.41) is 3.41. The molecule has 1 unspecified atom stereocenters. The summed E-state index contributed by atoms with van der Waals surface area (Å²) in [5.41, 5.74) is 1.72. The smallest absolute Gasteiger partial charge is 0.264 e. The molecule has 45 heavy (non-hydrogen) atoms. The number of ether oxygens (including phenoxy) is 1. The predicted octanol–water partition coefficient (Wildman–Crippen LogP) is 5.96. The average molecular weight is 648 g/mol. The Bertz CT molecular complexity index is 1680. The molecule has 0 fully saturated rings. The number of amides is 2. The minimum absolute atomic E-state index is 0.0115. The fourth-order valence-electron chi connectivity index (χ4n) is 4.80. The number of methoxy groups -OCH3 is 1.